The number of carbonyl (C=O) groups excluding carboxylic acids is 1. The van der Waals surface area contributed by atoms with Crippen molar-refractivity contribution in [3.63, 3.8) is 0 Å². The van der Waals surface area contributed by atoms with E-state index in [4.69, 9.17) is 9.84 Å². The molecule has 2 N–H and O–H groups in total. The largest absolute Gasteiger partial charge is 0.481 e. The Morgan fingerprint density at radius 2 is 2.28 bits per heavy atom. The minimum atomic E-state index is -0.951. The first-order chi connectivity index (χ1) is 8.58. The van der Waals surface area contributed by atoms with Crippen molar-refractivity contribution in [3.05, 3.63) is 24.0 Å². The van der Waals surface area contributed by atoms with Crippen molar-refractivity contribution >= 4 is 11.9 Å². The maximum absolute atomic E-state index is 11.9. The number of hydrogen-bond donors (Lipinski definition) is 2. The molecule has 0 fully saturated rings. The van der Waals surface area contributed by atoms with Gasteiger partial charge in [-0.3, -0.25) is 9.59 Å². The van der Waals surface area contributed by atoms with Gasteiger partial charge in [0.2, 0.25) is 0 Å². The molecule has 1 aromatic rings. The Hall–Kier alpha value is -1.82. The number of carboxylic acids is 1. The SMILES string of the molecule is CCn1cccc1C(=O)NCC(CC(=O)O)OC. The number of carboxylic acid groups (broad SMARTS) is 1. The Bertz CT molecular complexity index is 414. The molecule has 1 heterocycles. The molecule has 1 unspecified atom stereocenters. The lowest BCUT2D eigenvalue weighted by Crippen LogP contribution is -2.35. The number of hydrogen-bond acceptors (Lipinski definition) is 3. The van der Waals surface area contributed by atoms with E-state index in [1.54, 1.807) is 12.1 Å². The van der Waals surface area contributed by atoms with Crippen LogP contribution in [0.2, 0.25) is 0 Å². The third-order valence-corrected chi connectivity index (χ3v) is 2.63. The number of nitrogens with one attached hydrogen (secondary N) is 1. The van der Waals surface area contributed by atoms with Crippen LogP contribution >= 0.6 is 0 Å². The Morgan fingerprint density at radius 1 is 1.56 bits per heavy atom. The van der Waals surface area contributed by atoms with Gasteiger partial charge in [-0.05, 0) is 19.1 Å². The Balaban J connectivity index is 2.52. The van der Waals surface area contributed by atoms with Crippen LogP contribution < -0.4 is 5.32 Å². The van der Waals surface area contributed by atoms with Crippen molar-refractivity contribution in [2.45, 2.75) is 26.0 Å². The zero-order valence-corrected chi connectivity index (χ0v) is 10.5. The van der Waals surface area contributed by atoms with E-state index in [2.05, 4.69) is 5.32 Å². The molecule has 1 aromatic heterocycles. The molecule has 1 amide bonds. The molecular weight excluding hydrogens is 236 g/mol. The molecule has 0 aromatic carbocycles. The summed E-state index contributed by atoms with van der Waals surface area (Å²) in [7, 11) is 1.43. The average Bonchev–Trinajstić information content (AvgIpc) is 2.81. The lowest BCUT2D eigenvalue weighted by atomic mass is 10.2. The Morgan fingerprint density at radius 3 is 2.83 bits per heavy atom. The molecule has 0 aliphatic rings. The monoisotopic (exact) mass is 254 g/mol. The summed E-state index contributed by atoms with van der Waals surface area (Å²) < 4.78 is 6.80. The van der Waals surface area contributed by atoms with Crippen LogP contribution in [0.1, 0.15) is 23.8 Å². The van der Waals surface area contributed by atoms with Crippen LogP contribution in [0, 0.1) is 0 Å². The summed E-state index contributed by atoms with van der Waals surface area (Å²) in [5.41, 5.74) is 0.558. The van der Waals surface area contributed by atoms with E-state index >= 15 is 0 Å². The summed E-state index contributed by atoms with van der Waals surface area (Å²) in [5.74, 6) is -1.18. The fourth-order valence-electron chi connectivity index (χ4n) is 1.63. The number of aromatic nitrogens is 1. The number of aryl methyl sites for hydroxylation is 1. The maximum Gasteiger partial charge on any atom is 0.306 e. The zero-order valence-electron chi connectivity index (χ0n) is 10.5. The Labute approximate surface area is 106 Å². The van der Waals surface area contributed by atoms with Crippen molar-refractivity contribution in [2.24, 2.45) is 0 Å². The van der Waals surface area contributed by atoms with Crippen molar-refractivity contribution in [1.29, 1.82) is 0 Å². The van der Waals surface area contributed by atoms with Gasteiger partial charge < -0.3 is 19.7 Å². The van der Waals surface area contributed by atoms with Crippen LogP contribution in [0.25, 0.3) is 0 Å². The van der Waals surface area contributed by atoms with Crippen molar-refractivity contribution < 1.29 is 19.4 Å². The first-order valence-electron chi connectivity index (χ1n) is 5.76. The molecule has 0 radical (unpaired) electrons. The Kier molecular flexibility index (Phi) is 5.38. The molecule has 1 atom stereocenters. The molecule has 0 saturated carbocycles. The lowest BCUT2D eigenvalue weighted by molar-refractivity contribution is -0.139. The number of methoxy groups -OCH3 is 1. The molecule has 0 aliphatic carbocycles. The van der Waals surface area contributed by atoms with Gasteiger partial charge in [0.1, 0.15) is 5.69 Å². The number of ether oxygens (including phenoxy) is 1. The molecule has 6 heteroatoms. The fourth-order valence-corrected chi connectivity index (χ4v) is 1.63. The predicted octanol–water partition coefficient (Wildman–Crippen LogP) is 0.728. The number of nitrogens with zero attached hydrogens (tertiary/aromatic N) is 1. The van der Waals surface area contributed by atoms with E-state index in [1.165, 1.54) is 7.11 Å². The van der Waals surface area contributed by atoms with Gasteiger partial charge >= 0.3 is 5.97 Å². The topological polar surface area (TPSA) is 80.6 Å². The molecular formula is C12H18N2O4. The number of aliphatic carboxylic acids is 1. The van der Waals surface area contributed by atoms with Gasteiger partial charge in [0.15, 0.2) is 0 Å². The quantitative estimate of drug-likeness (QED) is 0.751. The maximum atomic E-state index is 11.9. The molecule has 0 bridgehead atoms. The minimum Gasteiger partial charge on any atom is -0.481 e. The highest BCUT2D eigenvalue weighted by Gasteiger charge is 2.15. The first kappa shape index (κ1) is 14.2. The second kappa shape index (κ2) is 6.80. The highest BCUT2D eigenvalue weighted by Crippen LogP contribution is 2.03. The number of carbonyl (C=O) groups is 2. The predicted molar refractivity (Wildman–Crippen MR) is 65.5 cm³/mol. The van der Waals surface area contributed by atoms with Gasteiger partial charge in [0.05, 0.1) is 12.5 Å². The summed E-state index contributed by atoms with van der Waals surface area (Å²) >= 11 is 0. The highest BCUT2D eigenvalue weighted by molar-refractivity contribution is 5.92. The van der Waals surface area contributed by atoms with Crippen LogP contribution in [0.3, 0.4) is 0 Å². The van der Waals surface area contributed by atoms with Crippen LogP contribution in [-0.2, 0) is 16.1 Å². The van der Waals surface area contributed by atoms with Crippen molar-refractivity contribution in [1.82, 2.24) is 9.88 Å². The van der Waals surface area contributed by atoms with E-state index in [0.717, 1.165) is 0 Å². The normalized spacial score (nSPS) is 12.1. The molecule has 6 nitrogen and oxygen atoms in total. The molecule has 100 valence electrons. The summed E-state index contributed by atoms with van der Waals surface area (Å²) in [4.78, 5) is 22.4. The fraction of sp³-hybridized carbons (Fsp3) is 0.500. The third kappa shape index (κ3) is 3.89. The van der Waals surface area contributed by atoms with Crippen LogP contribution in [0.5, 0.6) is 0 Å². The van der Waals surface area contributed by atoms with Gasteiger partial charge in [0, 0.05) is 26.4 Å². The summed E-state index contributed by atoms with van der Waals surface area (Å²) in [5, 5.41) is 11.3. The van der Waals surface area contributed by atoms with Crippen LogP contribution in [-0.4, -0.2) is 41.3 Å². The van der Waals surface area contributed by atoms with Gasteiger partial charge in [0.25, 0.3) is 5.91 Å². The third-order valence-electron chi connectivity index (χ3n) is 2.63. The van der Waals surface area contributed by atoms with E-state index in [1.807, 2.05) is 17.7 Å². The van der Waals surface area contributed by atoms with E-state index < -0.39 is 12.1 Å². The molecule has 0 aliphatic heterocycles. The highest BCUT2D eigenvalue weighted by atomic mass is 16.5. The molecule has 0 saturated heterocycles. The van der Waals surface area contributed by atoms with Gasteiger partial charge in [-0.1, -0.05) is 0 Å². The van der Waals surface area contributed by atoms with Gasteiger partial charge in [-0.15, -0.1) is 0 Å². The number of amides is 1. The minimum absolute atomic E-state index is 0.133. The summed E-state index contributed by atoms with van der Waals surface area (Å²) in [6.45, 7) is 2.83. The van der Waals surface area contributed by atoms with E-state index in [0.29, 0.717) is 12.2 Å². The average molecular weight is 254 g/mol. The van der Waals surface area contributed by atoms with Gasteiger partial charge in [-0.2, -0.15) is 0 Å². The lowest BCUT2D eigenvalue weighted by Gasteiger charge is -2.14. The van der Waals surface area contributed by atoms with Crippen LogP contribution in [0.15, 0.2) is 18.3 Å². The number of rotatable bonds is 7. The van der Waals surface area contributed by atoms with Crippen molar-refractivity contribution in [2.75, 3.05) is 13.7 Å². The summed E-state index contributed by atoms with van der Waals surface area (Å²) in [6.07, 6.45) is 1.17. The molecule has 1 rings (SSSR count). The zero-order chi connectivity index (χ0) is 13.5. The molecule has 18 heavy (non-hydrogen) atoms. The van der Waals surface area contributed by atoms with E-state index in [-0.39, 0.29) is 18.9 Å². The van der Waals surface area contributed by atoms with Crippen LogP contribution in [0.4, 0.5) is 0 Å². The summed E-state index contributed by atoms with van der Waals surface area (Å²) in [6, 6.07) is 3.52. The van der Waals surface area contributed by atoms with Crippen molar-refractivity contribution in [3.8, 4) is 0 Å². The molecule has 0 spiro atoms. The van der Waals surface area contributed by atoms with Gasteiger partial charge in [-0.25, -0.2) is 0 Å². The standard InChI is InChI=1S/C12H18N2O4/c1-3-14-6-4-5-10(14)12(17)13-8-9(18-2)7-11(15)16/h4-6,9H,3,7-8H2,1-2H3,(H,13,17)(H,15,16). The van der Waals surface area contributed by atoms with E-state index in [9.17, 15) is 9.59 Å². The first-order valence-corrected chi connectivity index (χ1v) is 5.76. The second-order valence-electron chi connectivity index (χ2n) is 3.85. The second-order valence-corrected chi connectivity index (χ2v) is 3.85. The smallest absolute Gasteiger partial charge is 0.306 e.